The molecule has 0 fully saturated rings. The molecule has 2 N–H and O–H groups in total. The van der Waals surface area contributed by atoms with E-state index in [4.69, 9.17) is 0 Å². The summed E-state index contributed by atoms with van der Waals surface area (Å²) in [6.07, 6.45) is 3.13. The number of thioether (sulfide) groups is 1. The first-order valence-electron chi connectivity index (χ1n) is 7.35. The van der Waals surface area contributed by atoms with Gasteiger partial charge in [-0.05, 0) is 24.8 Å². The van der Waals surface area contributed by atoms with E-state index >= 15 is 0 Å². The van der Waals surface area contributed by atoms with Gasteiger partial charge in [0, 0.05) is 36.1 Å². The van der Waals surface area contributed by atoms with Crippen molar-refractivity contribution in [2.75, 3.05) is 39.2 Å². The molecule has 1 aromatic rings. The van der Waals surface area contributed by atoms with E-state index in [1.807, 2.05) is 11.3 Å². The van der Waals surface area contributed by atoms with Crippen molar-refractivity contribution in [1.29, 1.82) is 0 Å². The van der Waals surface area contributed by atoms with Crippen molar-refractivity contribution in [1.82, 2.24) is 15.5 Å². The number of nitrogens with zero attached hydrogens (tertiary/aromatic N) is 2. The van der Waals surface area contributed by atoms with Crippen LogP contribution in [0.1, 0.15) is 16.7 Å². The summed E-state index contributed by atoms with van der Waals surface area (Å²) in [4.78, 5) is 20.2. The van der Waals surface area contributed by atoms with Gasteiger partial charge in [0.1, 0.15) is 6.54 Å². The van der Waals surface area contributed by atoms with E-state index in [2.05, 4.69) is 40.9 Å². The molecular weight excluding hydrogens is 316 g/mol. The van der Waals surface area contributed by atoms with Crippen LogP contribution in [0.3, 0.4) is 0 Å². The molecule has 0 aliphatic carbocycles. The molecule has 0 saturated heterocycles. The van der Waals surface area contributed by atoms with E-state index in [0.29, 0.717) is 5.96 Å². The Morgan fingerprint density at radius 1 is 1.32 bits per heavy atom. The number of guanidine groups is 1. The van der Waals surface area contributed by atoms with E-state index in [1.54, 1.807) is 30.8 Å². The van der Waals surface area contributed by atoms with Crippen molar-refractivity contribution in [3.63, 3.8) is 0 Å². The van der Waals surface area contributed by atoms with Gasteiger partial charge in [0.25, 0.3) is 0 Å². The zero-order chi connectivity index (χ0) is 16.4. The number of carbonyl (C=O) groups is 1. The topological polar surface area (TPSA) is 56.7 Å². The van der Waals surface area contributed by atoms with Crippen molar-refractivity contribution < 1.29 is 4.79 Å². The first kappa shape index (κ1) is 18.8. The Morgan fingerprint density at radius 2 is 2.05 bits per heavy atom. The zero-order valence-corrected chi connectivity index (χ0v) is 15.4. The molecule has 0 unspecified atom stereocenters. The van der Waals surface area contributed by atoms with Gasteiger partial charge in [-0.25, -0.2) is 4.99 Å². The smallest absolute Gasteiger partial charge is 0.243 e. The highest BCUT2D eigenvalue weighted by atomic mass is 32.2. The summed E-state index contributed by atoms with van der Waals surface area (Å²) in [5.41, 5.74) is 0. The second kappa shape index (κ2) is 10.5. The number of aryl methyl sites for hydroxylation is 1. The maximum atomic E-state index is 11.7. The monoisotopic (exact) mass is 342 g/mol. The molecule has 22 heavy (non-hydrogen) atoms. The molecule has 0 bridgehead atoms. The third-order valence-corrected chi connectivity index (χ3v) is 4.81. The molecule has 1 aromatic heterocycles. The lowest BCUT2D eigenvalue weighted by molar-refractivity contribution is -0.127. The summed E-state index contributed by atoms with van der Waals surface area (Å²) >= 11 is 3.58. The Balaban J connectivity index is 2.56. The van der Waals surface area contributed by atoms with E-state index in [1.165, 1.54) is 9.75 Å². The van der Waals surface area contributed by atoms with Crippen LogP contribution in [0, 0.1) is 0 Å². The predicted molar refractivity (Wildman–Crippen MR) is 97.9 cm³/mol. The second-order valence-corrected chi connectivity index (χ2v) is 7.19. The number of likely N-dealkylation sites (N-methyl/N-ethyl adjacent to an activating group) is 1. The number of amides is 1. The Hall–Kier alpha value is -1.21. The minimum atomic E-state index is -0.00430. The summed E-state index contributed by atoms with van der Waals surface area (Å²) in [5, 5.41) is 6.55. The second-order valence-electron chi connectivity index (χ2n) is 4.95. The molecule has 0 aliphatic rings. The van der Waals surface area contributed by atoms with Crippen LogP contribution in [0.25, 0.3) is 0 Å². The minimum Gasteiger partial charge on any atom is -0.356 e. The first-order chi connectivity index (χ1) is 10.6. The number of aliphatic imine (C=N–C) groups is 1. The molecule has 1 amide bonds. The summed E-state index contributed by atoms with van der Waals surface area (Å²) in [6, 6.07) is 4.30. The number of hydrogen-bond acceptors (Lipinski definition) is 4. The van der Waals surface area contributed by atoms with Gasteiger partial charge in [-0.2, -0.15) is 11.8 Å². The number of nitrogens with one attached hydrogen (secondary N) is 2. The van der Waals surface area contributed by atoms with Crippen molar-refractivity contribution in [2.24, 2.45) is 4.99 Å². The van der Waals surface area contributed by atoms with Crippen LogP contribution < -0.4 is 10.6 Å². The molecule has 0 aliphatic heterocycles. The van der Waals surface area contributed by atoms with E-state index in [9.17, 15) is 4.79 Å². The van der Waals surface area contributed by atoms with E-state index in [0.717, 1.165) is 25.3 Å². The number of rotatable bonds is 8. The van der Waals surface area contributed by atoms with Crippen LogP contribution >= 0.6 is 23.1 Å². The number of thiophene rings is 1. The Labute approximate surface area is 141 Å². The maximum absolute atomic E-state index is 11.7. The lowest BCUT2D eigenvalue weighted by Crippen LogP contribution is -2.39. The van der Waals surface area contributed by atoms with Crippen LogP contribution in [0.15, 0.2) is 17.1 Å². The van der Waals surface area contributed by atoms with Gasteiger partial charge in [0.15, 0.2) is 5.96 Å². The normalized spacial score (nSPS) is 11.4. The standard InChI is InChI=1S/C15H26N4OS2/c1-5-12-6-7-13(22-12)10-17-15(16-8-9-21-4)18-11-14(20)19(2)3/h6-7H,5,8-11H2,1-4H3,(H2,16,17,18). The predicted octanol–water partition coefficient (Wildman–Crippen LogP) is 1.80. The quantitative estimate of drug-likeness (QED) is 0.430. The van der Waals surface area contributed by atoms with Crippen molar-refractivity contribution in [3.8, 4) is 0 Å². The number of hydrogen-bond donors (Lipinski definition) is 2. The molecule has 1 rings (SSSR count). The van der Waals surface area contributed by atoms with Gasteiger partial charge in [-0.3, -0.25) is 4.79 Å². The number of carbonyl (C=O) groups excluding carboxylic acids is 1. The molecule has 0 radical (unpaired) electrons. The fourth-order valence-corrected chi connectivity index (χ4v) is 2.82. The third-order valence-electron chi connectivity index (χ3n) is 2.97. The van der Waals surface area contributed by atoms with Crippen LogP contribution in [-0.4, -0.2) is 56.0 Å². The van der Waals surface area contributed by atoms with Gasteiger partial charge < -0.3 is 15.5 Å². The van der Waals surface area contributed by atoms with Crippen LogP contribution in [0.5, 0.6) is 0 Å². The average Bonchev–Trinajstić information content (AvgIpc) is 2.97. The fraction of sp³-hybridized carbons (Fsp3) is 0.600. The Bertz CT molecular complexity index is 486. The highest BCUT2D eigenvalue weighted by Gasteiger charge is 2.05. The molecule has 7 heteroatoms. The largest absolute Gasteiger partial charge is 0.356 e. The lowest BCUT2D eigenvalue weighted by Gasteiger charge is -2.13. The summed E-state index contributed by atoms with van der Waals surface area (Å²) < 4.78 is 0. The molecule has 0 atom stereocenters. The highest BCUT2D eigenvalue weighted by molar-refractivity contribution is 7.98. The Kier molecular flexibility index (Phi) is 9.00. The van der Waals surface area contributed by atoms with Crippen LogP contribution in [-0.2, 0) is 17.8 Å². The molecule has 0 aromatic carbocycles. The van der Waals surface area contributed by atoms with Crippen molar-refractivity contribution in [2.45, 2.75) is 19.9 Å². The summed E-state index contributed by atoms with van der Waals surface area (Å²) in [6.45, 7) is 3.87. The molecular formula is C15H26N4OS2. The SMILES string of the molecule is CCc1ccc(CNC(=NCC(=O)N(C)C)NCCSC)s1. The van der Waals surface area contributed by atoms with Crippen LogP contribution in [0.2, 0.25) is 0 Å². The van der Waals surface area contributed by atoms with Crippen molar-refractivity contribution >= 4 is 35.0 Å². The molecule has 0 saturated carbocycles. The lowest BCUT2D eigenvalue weighted by atomic mass is 10.4. The van der Waals surface area contributed by atoms with Gasteiger partial charge in [-0.15, -0.1) is 11.3 Å². The molecule has 5 nitrogen and oxygen atoms in total. The molecule has 124 valence electrons. The molecule has 1 heterocycles. The van der Waals surface area contributed by atoms with Gasteiger partial charge >= 0.3 is 0 Å². The van der Waals surface area contributed by atoms with Gasteiger partial charge in [0.2, 0.25) is 5.91 Å². The van der Waals surface area contributed by atoms with Crippen molar-refractivity contribution in [3.05, 3.63) is 21.9 Å². The van der Waals surface area contributed by atoms with E-state index in [-0.39, 0.29) is 12.5 Å². The summed E-state index contributed by atoms with van der Waals surface area (Å²) in [5.74, 6) is 1.69. The Morgan fingerprint density at radius 3 is 2.64 bits per heavy atom. The van der Waals surface area contributed by atoms with Gasteiger partial charge in [0.05, 0.1) is 6.54 Å². The first-order valence-corrected chi connectivity index (χ1v) is 9.56. The maximum Gasteiger partial charge on any atom is 0.243 e. The van der Waals surface area contributed by atoms with Gasteiger partial charge in [-0.1, -0.05) is 6.92 Å². The summed E-state index contributed by atoms with van der Waals surface area (Å²) in [7, 11) is 3.48. The molecule has 0 spiro atoms. The third kappa shape index (κ3) is 7.17. The zero-order valence-electron chi connectivity index (χ0n) is 13.8. The average molecular weight is 343 g/mol. The highest BCUT2D eigenvalue weighted by Crippen LogP contribution is 2.16. The fourth-order valence-electron chi connectivity index (χ4n) is 1.61. The van der Waals surface area contributed by atoms with Crippen LogP contribution in [0.4, 0.5) is 0 Å². The van der Waals surface area contributed by atoms with E-state index < -0.39 is 0 Å². The minimum absolute atomic E-state index is 0.00430.